The Morgan fingerprint density at radius 2 is 1.90 bits per heavy atom. The maximum Gasteiger partial charge on any atom is 0.240 e. The molecule has 0 radical (unpaired) electrons. The third-order valence-electron chi connectivity index (χ3n) is 3.58. The van der Waals surface area contributed by atoms with Gasteiger partial charge in [-0.1, -0.05) is 32.8 Å². The molecule has 1 atom stereocenters. The van der Waals surface area contributed by atoms with Crippen LogP contribution in [0.5, 0.6) is 0 Å². The maximum atomic E-state index is 12.2. The van der Waals surface area contributed by atoms with Crippen molar-refractivity contribution < 1.29 is 13.5 Å². The van der Waals surface area contributed by atoms with Crippen molar-refractivity contribution in [1.29, 1.82) is 0 Å². The van der Waals surface area contributed by atoms with Crippen molar-refractivity contribution in [3.63, 3.8) is 0 Å². The van der Waals surface area contributed by atoms with E-state index < -0.39 is 16.1 Å². The molecule has 20 heavy (non-hydrogen) atoms. The highest BCUT2D eigenvalue weighted by atomic mass is 32.2. The second-order valence-corrected chi connectivity index (χ2v) is 6.76. The Hall–Kier alpha value is -1.11. The summed E-state index contributed by atoms with van der Waals surface area (Å²) in [6.07, 6.45) is 0.953. The third kappa shape index (κ3) is 4.19. The number of aryl methyl sites for hydroxylation is 1. The zero-order valence-corrected chi connectivity index (χ0v) is 13.1. The molecular weight excluding hydrogens is 276 g/mol. The molecule has 1 aromatic carbocycles. The van der Waals surface area contributed by atoms with E-state index in [1.165, 1.54) is 6.07 Å². The molecule has 1 unspecified atom stereocenters. The summed E-state index contributed by atoms with van der Waals surface area (Å²) in [6, 6.07) is 4.76. The molecule has 4 N–H and O–H groups in total. The average molecular weight is 300 g/mol. The Bertz CT molecular complexity index is 539. The Balaban J connectivity index is 2.83. The summed E-state index contributed by atoms with van der Waals surface area (Å²) in [5, 5.41) is 9.99. The number of anilines is 1. The summed E-state index contributed by atoms with van der Waals surface area (Å²) in [7, 11) is -3.65. The zero-order chi connectivity index (χ0) is 15.3. The monoisotopic (exact) mass is 300 g/mol. The van der Waals surface area contributed by atoms with E-state index in [0.29, 0.717) is 11.3 Å². The third-order valence-corrected chi connectivity index (χ3v) is 5.14. The molecule has 0 heterocycles. The van der Waals surface area contributed by atoms with Gasteiger partial charge in [0.25, 0.3) is 0 Å². The highest BCUT2D eigenvalue weighted by molar-refractivity contribution is 7.89. The molecule has 0 amide bonds. The molecule has 5 nitrogen and oxygen atoms in total. The van der Waals surface area contributed by atoms with Gasteiger partial charge in [-0.15, -0.1) is 0 Å². The summed E-state index contributed by atoms with van der Waals surface area (Å²) < 4.78 is 26.9. The number of nitrogens with one attached hydrogen (secondary N) is 1. The van der Waals surface area contributed by atoms with E-state index in [-0.39, 0.29) is 17.4 Å². The molecule has 0 aliphatic rings. The first-order valence-corrected chi connectivity index (χ1v) is 8.34. The van der Waals surface area contributed by atoms with Gasteiger partial charge in [-0.2, -0.15) is 0 Å². The quantitative estimate of drug-likeness (QED) is 0.668. The molecule has 0 spiro atoms. The zero-order valence-electron chi connectivity index (χ0n) is 12.3. The molecule has 0 aliphatic carbocycles. The van der Waals surface area contributed by atoms with Crippen LogP contribution in [0.2, 0.25) is 0 Å². The molecule has 1 rings (SSSR count). The van der Waals surface area contributed by atoms with Crippen LogP contribution >= 0.6 is 0 Å². The van der Waals surface area contributed by atoms with Gasteiger partial charge in [0.05, 0.1) is 11.0 Å². The first-order chi connectivity index (χ1) is 9.31. The predicted octanol–water partition coefficient (Wildman–Crippen LogP) is 1.65. The van der Waals surface area contributed by atoms with E-state index in [2.05, 4.69) is 4.72 Å². The predicted molar refractivity (Wildman–Crippen MR) is 80.9 cm³/mol. The number of nitrogen functional groups attached to an aromatic ring is 1. The lowest BCUT2D eigenvalue weighted by molar-refractivity contribution is 0.107. The van der Waals surface area contributed by atoms with Gasteiger partial charge >= 0.3 is 0 Å². The number of hydrogen-bond donors (Lipinski definition) is 3. The van der Waals surface area contributed by atoms with E-state index in [4.69, 9.17) is 5.73 Å². The minimum absolute atomic E-state index is 0.0168. The van der Waals surface area contributed by atoms with Crippen LogP contribution in [-0.2, 0) is 10.0 Å². The molecule has 0 aliphatic heterocycles. The van der Waals surface area contributed by atoms with Crippen LogP contribution in [0.1, 0.15) is 32.3 Å². The van der Waals surface area contributed by atoms with Crippen molar-refractivity contribution >= 4 is 15.7 Å². The van der Waals surface area contributed by atoms with Gasteiger partial charge in [0.15, 0.2) is 0 Å². The Morgan fingerprint density at radius 1 is 1.30 bits per heavy atom. The fourth-order valence-corrected chi connectivity index (χ4v) is 3.51. The van der Waals surface area contributed by atoms with Crippen LogP contribution in [0, 0.1) is 12.8 Å². The van der Waals surface area contributed by atoms with Crippen LogP contribution in [0.25, 0.3) is 0 Å². The van der Waals surface area contributed by atoms with Gasteiger partial charge in [0, 0.05) is 12.2 Å². The highest BCUT2D eigenvalue weighted by Crippen LogP contribution is 2.19. The lowest BCUT2D eigenvalue weighted by atomic mass is 9.97. The fraction of sp³-hybridized carbons (Fsp3) is 0.571. The van der Waals surface area contributed by atoms with E-state index in [1.54, 1.807) is 19.1 Å². The first-order valence-electron chi connectivity index (χ1n) is 6.85. The fourth-order valence-electron chi connectivity index (χ4n) is 2.18. The van der Waals surface area contributed by atoms with Crippen LogP contribution in [0.15, 0.2) is 23.1 Å². The van der Waals surface area contributed by atoms with E-state index in [1.807, 2.05) is 13.8 Å². The van der Waals surface area contributed by atoms with Crippen molar-refractivity contribution in [1.82, 2.24) is 4.72 Å². The minimum atomic E-state index is -3.65. The van der Waals surface area contributed by atoms with Crippen molar-refractivity contribution in [3.8, 4) is 0 Å². The van der Waals surface area contributed by atoms with Crippen molar-refractivity contribution in [2.45, 2.75) is 44.6 Å². The van der Waals surface area contributed by atoms with Crippen LogP contribution in [0.4, 0.5) is 5.69 Å². The number of hydrogen-bond acceptors (Lipinski definition) is 4. The van der Waals surface area contributed by atoms with Gasteiger partial charge in [0.1, 0.15) is 0 Å². The summed E-state index contributed by atoms with van der Waals surface area (Å²) in [6.45, 7) is 5.69. The van der Waals surface area contributed by atoms with Gasteiger partial charge < -0.3 is 10.8 Å². The van der Waals surface area contributed by atoms with Crippen molar-refractivity contribution in [2.75, 3.05) is 12.3 Å². The van der Waals surface area contributed by atoms with Crippen LogP contribution < -0.4 is 10.5 Å². The Labute approximate surface area is 121 Å². The van der Waals surface area contributed by atoms with Crippen molar-refractivity contribution in [2.24, 2.45) is 5.92 Å². The molecule has 0 aromatic heterocycles. The molecule has 0 bridgehead atoms. The molecule has 0 fully saturated rings. The number of aliphatic hydroxyl groups is 1. The van der Waals surface area contributed by atoms with E-state index in [9.17, 15) is 13.5 Å². The number of aliphatic hydroxyl groups excluding tert-OH is 1. The van der Waals surface area contributed by atoms with E-state index >= 15 is 0 Å². The standard InChI is InChI=1S/C14H24N2O3S/c1-4-11(5-2)13(17)9-16-20(18,19)14-8-12(15)7-6-10(14)3/h6-8,11,13,16-17H,4-5,9,15H2,1-3H3. The second kappa shape index (κ2) is 7.06. The van der Waals surface area contributed by atoms with Crippen molar-refractivity contribution in [3.05, 3.63) is 23.8 Å². The van der Waals surface area contributed by atoms with Gasteiger partial charge in [-0.3, -0.25) is 0 Å². The van der Waals surface area contributed by atoms with Gasteiger partial charge in [-0.05, 0) is 30.5 Å². The lowest BCUT2D eigenvalue weighted by Crippen LogP contribution is -2.36. The Kier molecular flexibility index (Phi) is 5.98. The lowest BCUT2D eigenvalue weighted by Gasteiger charge is -2.20. The normalized spacial score (nSPS) is 13.7. The second-order valence-electron chi connectivity index (χ2n) is 5.02. The van der Waals surface area contributed by atoms with Gasteiger partial charge in [0.2, 0.25) is 10.0 Å². The summed E-state index contributed by atoms with van der Waals surface area (Å²) >= 11 is 0. The molecule has 0 saturated heterocycles. The Morgan fingerprint density at radius 3 is 2.45 bits per heavy atom. The first kappa shape index (κ1) is 16.9. The van der Waals surface area contributed by atoms with Crippen LogP contribution in [0.3, 0.4) is 0 Å². The van der Waals surface area contributed by atoms with E-state index in [0.717, 1.165) is 12.8 Å². The topological polar surface area (TPSA) is 92.4 Å². The van der Waals surface area contributed by atoms with Gasteiger partial charge in [-0.25, -0.2) is 13.1 Å². The number of rotatable bonds is 7. The minimum Gasteiger partial charge on any atom is -0.399 e. The average Bonchev–Trinajstić information content (AvgIpc) is 2.40. The number of benzene rings is 1. The number of sulfonamides is 1. The maximum absolute atomic E-state index is 12.2. The highest BCUT2D eigenvalue weighted by Gasteiger charge is 2.21. The van der Waals surface area contributed by atoms with Crippen LogP contribution in [-0.4, -0.2) is 26.2 Å². The molecule has 0 saturated carbocycles. The molecular formula is C14H24N2O3S. The summed E-state index contributed by atoms with van der Waals surface area (Å²) in [5.74, 6) is 0.0969. The number of nitrogens with two attached hydrogens (primary N) is 1. The summed E-state index contributed by atoms with van der Waals surface area (Å²) in [4.78, 5) is 0.161. The molecule has 6 heteroatoms. The SMILES string of the molecule is CCC(CC)C(O)CNS(=O)(=O)c1cc(N)ccc1C. The largest absolute Gasteiger partial charge is 0.399 e. The summed E-state index contributed by atoms with van der Waals surface area (Å²) in [5.41, 5.74) is 6.66. The molecule has 1 aromatic rings. The molecule has 114 valence electrons. The smallest absolute Gasteiger partial charge is 0.240 e.